The topological polar surface area (TPSA) is 96.0 Å². The number of hydrogen-bond acceptors (Lipinski definition) is 3. The zero-order valence-corrected chi connectivity index (χ0v) is 8.42. The molecule has 76 valence electrons. The normalized spacial score (nSPS) is 34.7. The van der Waals surface area contributed by atoms with E-state index >= 15 is 0 Å². The number of carbonyl (C=O) groups is 2. The van der Waals surface area contributed by atoms with Crippen molar-refractivity contribution in [2.24, 2.45) is 17.1 Å². The lowest BCUT2D eigenvalue weighted by molar-refractivity contribution is -0.133. The van der Waals surface area contributed by atoms with Gasteiger partial charge in [0.15, 0.2) is 0 Å². The molecule has 1 unspecified atom stereocenters. The van der Waals surface area contributed by atoms with Crippen molar-refractivity contribution in [2.75, 3.05) is 0 Å². The van der Waals surface area contributed by atoms with E-state index in [0.717, 1.165) is 0 Å². The average molecular weight is 195 g/mol. The summed E-state index contributed by atoms with van der Waals surface area (Å²) in [4.78, 5) is 22.5. The minimum atomic E-state index is -1.04. The summed E-state index contributed by atoms with van der Waals surface area (Å²) in [5.74, 6) is -2.09. The van der Waals surface area contributed by atoms with Crippen molar-refractivity contribution in [1.82, 2.24) is 5.32 Å². The molecule has 14 heavy (non-hydrogen) atoms. The lowest BCUT2D eigenvalue weighted by Gasteiger charge is -2.32. The van der Waals surface area contributed by atoms with Gasteiger partial charge in [-0.3, -0.25) is 9.59 Å². The molecular weight excluding hydrogens is 182 g/mol. The molecule has 1 fully saturated rings. The Labute approximate surface area is 82.3 Å². The summed E-state index contributed by atoms with van der Waals surface area (Å²) in [6, 6.07) is 2.01. The molecule has 0 aromatic heterocycles. The Morgan fingerprint density at radius 1 is 1.57 bits per heavy atom. The minimum absolute atomic E-state index is 0.466. The number of nitrogens with zero attached hydrogens (tertiary/aromatic N) is 1. The van der Waals surface area contributed by atoms with Crippen molar-refractivity contribution < 1.29 is 9.59 Å². The highest BCUT2D eigenvalue weighted by Gasteiger charge is 2.59. The van der Waals surface area contributed by atoms with E-state index in [1.54, 1.807) is 20.8 Å². The Kier molecular flexibility index (Phi) is 2.03. The van der Waals surface area contributed by atoms with Gasteiger partial charge in [-0.05, 0) is 6.92 Å². The summed E-state index contributed by atoms with van der Waals surface area (Å²) < 4.78 is 0. The second kappa shape index (κ2) is 2.71. The lowest BCUT2D eigenvalue weighted by atomic mass is 9.69. The van der Waals surface area contributed by atoms with Crippen LogP contribution in [0.25, 0.3) is 0 Å². The van der Waals surface area contributed by atoms with Gasteiger partial charge in [0.05, 0.1) is 6.07 Å². The molecule has 0 radical (unpaired) electrons. The van der Waals surface area contributed by atoms with Gasteiger partial charge in [0.25, 0.3) is 0 Å². The van der Waals surface area contributed by atoms with Crippen molar-refractivity contribution in [2.45, 2.75) is 26.3 Å². The van der Waals surface area contributed by atoms with Gasteiger partial charge in [-0.1, -0.05) is 13.8 Å². The second-order valence-electron chi connectivity index (χ2n) is 4.28. The van der Waals surface area contributed by atoms with Gasteiger partial charge < -0.3 is 11.1 Å². The smallest absolute Gasteiger partial charge is 0.234 e. The van der Waals surface area contributed by atoms with Crippen molar-refractivity contribution in [3.63, 3.8) is 0 Å². The van der Waals surface area contributed by atoms with Crippen LogP contribution >= 0.6 is 0 Å². The number of hydrogen-bond donors (Lipinski definition) is 2. The highest BCUT2D eigenvalue weighted by atomic mass is 16.2. The van der Waals surface area contributed by atoms with Crippen LogP contribution in [0, 0.1) is 22.7 Å². The highest BCUT2D eigenvalue weighted by Crippen LogP contribution is 2.43. The van der Waals surface area contributed by atoms with Gasteiger partial charge in [-0.15, -0.1) is 0 Å². The summed E-state index contributed by atoms with van der Waals surface area (Å²) in [7, 11) is 0. The lowest BCUT2D eigenvalue weighted by Crippen LogP contribution is -2.47. The van der Waals surface area contributed by atoms with Crippen molar-refractivity contribution in [3.05, 3.63) is 0 Å². The maximum atomic E-state index is 11.4. The van der Waals surface area contributed by atoms with Crippen LogP contribution in [0.5, 0.6) is 0 Å². The zero-order chi connectivity index (χ0) is 11.1. The first-order valence-electron chi connectivity index (χ1n) is 4.29. The van der Waals surface area contributed by atoms with E-state index in [-0.39, 0.29) is 0 Å². The number of primary amides is 1. The number of nitrogens with one attached hydrogen (secondary N) is 1. The number of nitrogens with two attached hydrogens (primary N) is 1. The number of rotatable bonds is 1. The molecule has 0 saturated carbocycles. The fraction of sp³-hybridized carbons (Fsp3) is 0.667. The first-order chi connectivity index (χ1) is 6.26. The van der Waals surface area contributed by atoms with E-state index in [1.807, 2.05) is 6.07 Å². The van der Waals surface area contributed by atoms with E-state index in [4.69, 9.17) is 11.0 Å². The largest absolute Gasteiger partial charge is 0.369 e. The average Bonchev–Trinajstić information content (AvgIpc) is 2.18. The van der Waals surface area contributed by atoms with E-state index in [9.17, 15) is 9.59 Å². The fourth-order valence-electron chi connectivity index (χ4n) is 1.75. The molecule has 1 aliphatic rings. The van der Waals surface area contributed by atoms with E-state index in [2.05, 4.69) is 5.32 Å². The van der Waals surface area contributed by atoms with Crippen molar-refractivity contribution in [3.8, 4) is 6.07 Å². The van der Waals surface area contributed by atoms with Gasteiger partial charge in [0, 0.05) is 5.41 Å². The summed E-state index contributed by atoms with van der Waals surface area (Å²) in [5.41, 5.74) is 3.31. The summed E-state index contributed by atoms with van der Waals surface area (Å²) in [6.07, 6.45) is 0. The molecule has 3 N–H and O–H groups in total. The zero-order valence-electron chi connectivity index (χ0n) is 8.42. The first-order valence-corrected chi connectivity index (χ1v) is 4.29. The Bertz CT molecular complexity index is 342. The van der Waals surface area contributed by atoms with Crippen molar-refractivity contribution >= 4 is 11.8 Å². The SMILES string of the molecule is CC1(C)C(C(N)=O)C(=O)N[C@]1(C)C#N. The molecule has 1 rings (SSSR count). The molecule has 0 bridgehead atoms. The number of carbonyl (C=O) groups excluding carboxylic acids is 2. The third-order valence-electron chi connectivity index (χ3n) is 3.15. The summed E-state index contributed by atoms with van der Waals surface area (Å²) in [6.45, 7) is 4.96. The van der Waals surface area contributed by atoms with Gasteiger partial charge in [0.1, 0.15) is 11.5 Å². The second-order valence-corrected chi connectivity index (χ2v) is 4.28. The third kappa shape index (κ3) is 1.07. The fourth-order valence-corrected chi connectivity index (χ4v) is 1.75. The van der Waals surface area contributed by atoms with Gasteiger partial charge in [-0.25, -0.2) is 0 Å². The monoisotopic (exact) mass is 195 g/mol. The standard InChI is InChI=1S/C9H13N3O2/c1-8(2)5(6(11)13)7(14)12-9(8,3)4-10/h5H,1-3H3,(H2,11,13)(H,12,14)/t5?,9-/m1/s1. The molecule has 0 aliphatic carbocycles. The third-order valence-corrected chi connectivity index (χ3v) is 3.15. The molecule has 5 nitrogen and oxygen atoms in total. The van der Waals surface area contributed by atoms with Crippen LogP contribution in [-0.2, 0) is 9.59 Å². The summed E-state index contributed by atoms with van der Waals surface area (Å²) in [5, 5.41) is 11.5. The Hall–Kier alpha value is -1.57. The molecule has 1 heterocycles. The van der Waals surface area contributed by atoms with Gasteiger partial charge in [0.2, 0.25) is 11.8 Å². The maximum absolute atomic E-state index is 11.4. The van der Waals surface area contributed by atoms with Crippen molar-refractivity contribution in [1.29, 1.82) is 5.26 Å². The Balaban J connectivity index is 3.23. The molecular formula is C9H13N3O2. The van der Waals surface area contributed by atoms with Crippen LogP contribution in [0.15, 0.2) is 0 Å². The molecule has 0 aromatic rings. The predicted octanol–water partition coefficient (Wildman–Crippen LogP) is -0.474. The van der Waals surface area contributed by atoms with Crippen LogP contribution in [0.2, 0.25) is 0 Å². The molecule has 2 atom stereocenters. The highest BCUT2D eigenvalue weighted by molar-refractivity contribution is 6.03. The molecule has 5 heteroatoms. The maximum Gasteiger partial charge on any atom is 0.234 e. The predicted molar refractivity (Wildman–Crippen MR) is 48.6 cm³/mol. The van der Waals surface area contributed by atoms with E-state index < -0.39 is 28.7 Å². The van der Waals surface area contributed by atoms with Gasteiger partial charge >= 0.3 is 0 Å². The number of amides is 2. The Morgan fingerprint density at radius 2 is 2.07 bits per heavy atom. The number of nitriles is 1. The Morgan fingerprint density at radius 3 is 2.29 bits per heavy atom. The molecule has 1 saturated heterocycles. The molecule has 1 aliphatic heterocycles. The van der Waals surface area contributed by atoms with Crippen LogP contribution in [0.1, 0.15) is 20.8 Å². The van der Waals surface area contributed by atoms with E-state index in [1.165, 1.54) is 0 Å². The molecule has 0 spiro atoms. The van der Waals surface area contributed by atoms with Crippen LogP contribution in [0.4, 0.5) is 0 Å². The minimum Gasteiger partial charge on any atom is -0.369 e. The van der Waals surface area contributed by atoms with Crippen LogP contribution in [0.3, 0.4) is 0 Å². The first kappa shape index (κ1) is 10.5. The van der Waals surface area contributed by atoms with Crippen LogP contribution < -0.4 is 11.1 Å². The molecule has 0 aromatic carbocycles. The summed E-state index contributed by atoms with van der Waals surface area (Å²) >= 11 is 0. The van der Waals surface area contributed by atoms with E-state index in [0.29, 0.717) is 0 Å². The quantitative estimate of drug-likeness (QED) is 0.553. The van der Waals surface area contributed by atoms with Crippen LogP contribution in [-0.4, -0.2) is 17.4 Å². The van der Waals surface area contributed by atoms with Gasteiger partial charge in [-0.2, -0.15) is 5.26 Å². The molecule has 2 amide bonds.